The van der Waals surface area contributed by atoms with Gasteiger partial charge in [-0.15, -0.1) is 0 Å². The summed E-state index contributed by atoms with van der Waals surface area (Å²) in [6.07, 6.45) is 5.05. The first-order chi connectivity index (χ1) is 7.78. The number of rotatable bonds is 3. The van der Waals surface area contributed by atoms with Crippen LogP contribution in [0.4, 0.5) is 0 Å². The van der Waals surface area contributed by atoms with Crippen molar-refractivity contribution < 1.29 is 4.74 Å². The summed E-state index contributed by atoms with van der Waals surface area (Å²) in [6, 6.07) is 8.05. The van der Waals surface area contributed by atoms with Crippen molar-refractivity contribution in [3.05, 3.63) is 28.7 Å². The standard InChI is InChI=1S/C13H18BrNO/c14-11-2-1-3-13(8-11)16-12-6-4-10(9-15)5-7-12/h1-3,8,10,12H,4-7,9,15H2. The van der Waals surface area contributed by atoms with Crippen LogP contribution in [0.5, 0.6) is 5.75 Å². The predicted molar refractivity (Wildman–Crippen MR) is 69.6 cm³/mol. The quantitative estimate of drug-likeness (QED) is 0.923. The van der Waals surface area contributed by atoms with E-state index in [9.17, 15) is 0 Å². The minimum absolute atomic E-state index is 0.372. The third kappa shape index (κ3) is 3.22. The summed E-state index contributed by atoms with van der Waals surface area (Å²) < 4.78 is 7.03. The van der Waals surface area contributed by atoms with Gasteiger partial charge in [-0.25, -0.2) is 0 Å². The monoisotopic (exact) mass is 283 g/mol. The second-order valence-corrected chi connectivity index (χ2v) is 5.37. The average Bonchev–Trinajstić information content (AvgIpc) is 2.30. The van der Waals surface area contributed by atoms with Gasteiger partial charge in [0, 0.05) is 4.47 Å². The fraction of sp³-hybridized carbons (Fsp3) is 0.538. The Morgan fingerprint density at radius 2 is 2.00 bits per heavy atom. The molecular weight excluding hydrogens is 266 g/mol. The van der Waals surface area contributed by atoms with Crippen LogP contribution in [0, 0.1) is 5.92 Å². The summed E-state index contributed by atoms with van der Waals surface area (Å²) in [5, 5.41) is 0. The van der Waals surface area contributed by atoms with Crippen LogP contribution in [0.1, 0.15) is 25.7 Å². The highest BCUT2D eigenvalue weighted by Crippen LogP contribution is 2.27. The predicted octanol–water partition coefficient (Wildman–Crippen LogP) is 3.35. The molecule has 0 atom stereocenters. The van der Waals surface area contributed by atoms with Gasteiger partial charge in [0.1, 0.15) is 5.75 Å². The van der Waals surface area contributed by atoms with E-state index in [1.807, 2.05) is 24.3 Å². The van der Waals surface area contributed by atoms with Crippen molar-refractivity contribution in [1.29, 1.82) is 0 Å². The number of ether oxygens (including phenoxy) is 1. The summed E-state index contributed by atoms with van der Waals surface area (Å²) in [6.45, 7) is 0.823. The van der Waals surface area contributed by atoms with Gasteiger partial charge in [-0.05, 0) is 56.3 Å². The number of nitrogens with two attached hydrogens (primary N) is 1. The van der Waals surface area contributed by atoms with Gasteiger partial charge in [0.15, 0.2) is 0 Å². The molecule has 2 rings (SSSR count). The molecule has 16 heavy (non-hydrogen) atoms. The molecule has 0 aromatic heterocycles. The van der Waals surface area contributed by atoms with Crippen molar-refractivity contribution in [2.75, 3.05) is 6.54 Å². The molecule has 2 N–H and O–H groups in total. The van der Waals surface area contributed by atoms with E-state index in [0.717, 1.165) is 29.6 Å². The fourth-order valence-corrected chi connectivity index (χ4v) is 2.60. The van der Waals surface area contributed by atoms with Crippen LogP contribution in [0.3, 0.4) is 0 Å². The van der Waals surface area contributed by atoms with E-state index in [2.05, 4.69) is 15.9 Å². The molecule has 2 nitrogen and oxygen atoms in total. The summed E-state index contributed by atoms with van der Waals surface area (Å²) >= 11 is 3.45. The van der Waals surface area contributed by atoms with Gasteiger partial charge in [-0.3, -0.25) is 0 Å². The molecule has 1 fully saturated rings. The molecule has 0 saturated heterocycles. The Morgan fingerprint density at radius 1 is 1.25 bits per heavy atom. The molecule has 0 spiro atoms. The number of halogens is 1. The van der Waals surface area contributed by atoms with Gasteiger partial charge in [0.05, 0.1) is 6.10 Å². The smallest absolute Gasteiger partial charge is 0.120 e. The Hall–Kier alpha value is -0.540. The molecule has 0 unspecified atom stereocenters. The maximum atomic E-state index is 5.96. The van der Waals surface area contributed by atoms with Crippen molar-refractivity contribution in [3.63, 3.8) is 0 Å². The molecule has 1 saturated carbocycles. The largest absolute Gasteiger partial charge is 0.490 e. The lowest BCUT2D eigenvalue weighted by atomic mass is 9.87. The summed E-state index contributed by atoms with van der Waals surface area (Å²) in [4.78, 5) is 0. The highest BCUT2D eigenvalue weighted by molar-refractivity contribution is 9.10. The van der Waals surface area contributed by atoms with Crippen molar-refractivity contribution >= 4 is 15.9 Å². The summed E-state index contributed by atoms with van der Waals surface area (Å²) in [5.74, 6) is 1.67. The zero-order valence-electron chi connectivity index (χ0n) is 9.36. The van der Waals surface area contributed by atoms with E-state index in [4.69, 9.17) is 10.5 Å². The summed E-state index contributed by atoms with van der Waals surface area (Å²) in [5.41, 5.74) is 5.67. The Morgan fingerprint density at radius 3 is 2.62 bits per heavy atom. The molecular formula is C13H18BrNO. The first-order valence-electron chi connectivity index (χ1n) is 5.90. The SMILES string of the molecule is NCC1CCC(Oc2cccc(Br)c2)CC1. The van der Waals surface area contributed by atoms with Crippen molar-refractivity contribution in [2.24, 2.45) is 11.7 Å². The van der Waals surface area contributed by atoms with Crippen molar-refractivity contribution in [2.45, 2.75) is 31.8 Å². The van der Waals surface area contributed by atoms with Crippen LogP contribution in [-0.2, 0) is 0 Å². The van der Waals surface area contributed by atoms with Crippen LogP contribution in [0.15, 0.2) is 28.7 Å². The maximum Gasteiger partial charge on any atom is 0.120 e. The molecule has 0 bridgehead atoms. The lowest BCUT2D eigenvalue weighted by molar-refractivity contribution is 0.133. The molecule has 0 heterocycles. The van der Waals surface area contributed by atoms with E-state index < -0.39 is 0 Å². The lowest BCUT2D eigenvalue weighted by Gasteiger charge is -2.28. The zero-order chi connectivity index (χ0) is 11.4. The van der Waals surface area contributed by atoms with Crippen LogP contribution in [0.25, 0.3) is 0 Å². The lowest BCUT2D eigenvalue weighted by Crippen LogP contribution is -2.27. The summed E-state index contributed by atoms with van der Waals surface area (Å²) in [7, 11) is 0. The van der Waals surface area contributed by atoms with Gasteiger partial charge >= 0.3 is 0 Å². The second-order valence-electron chi connectivity index (χ2n) is 4.45. The van der Waals surface area contributed by atoms with Crippen molar-refractivity contribution in [1.82, 2.24) is 0 Å². The third-order valence-corrected chi connectivity index (χ3v) is 3.72. The number of hydrogen-bond acceptors (Lipinski definition) is 2. The van der Waals surface area contributed by atoms with Gasteiger partial charge < -0.3 is 10.5 Å². The van der Waals surface area contributed by atoms with E-state index in [1.165, 1.54) is 12.8 Å². The van der Waals surface area contributed by atoms with Crippen LogP contribution in [0.2, 0.25) is 0 Å². The number of benzene rings is 1. The Balaban J connectivity index is 1.87. The maximum absolute atomic E-state index is 5.96. The first kappa shape index (κ1) is 11.9. The first-order valence-corrected chi connectivity index (χ1v) is 6.69. The van der Waals surface area contributed by atoms with E-state index in [-0.39, 0.29) is 0 Å². The van der Waals surface area contributed by atoms with Gasteiger partial charge in [0.25, 0.3) is 0 Å². The van der Waals surface area contributed by atoms with Crippen LogP contribution >= 0.6 is 15.9 Å². The molecule has 1 aliphatic rings. The third-order valence-electron chi connectivity index (χ3n) is 3.23. The molecule has 0 radical (unpaired) electrons. The highest BCUT2D eigenvalue weighted by atomic mass is 79.9. The zero-order valence-corrected chi connectivity index (χ0v) is 10.9. The molecule has 88 valence electrons. The normalized spacial score (nSPS) is 25.4. The Labute approximate surface area is 105 Å². The second kappa shape index (κ2) is 5.69. The fourth-order valence-electron chi connectivity index (χ4n) is 2.22. The number of hydrogen-bond donors (Lipinski definition) is 1. The highest BCUT2D eigenvalue weighted by Gasteiger charge is 2.21. The molecule has 0 aliphatic heterocycles. The molecule has 0 amide bonds. The van der Waals surface area contributed by atoms with Crippen LogP contribution < -0.4 is 10.5 Å². The Kier molecular flexibility index (Phi) is 4.24. The van der Waals surface area contributed by atoms with Gasteiger partial charge in [-0.2, -0.15) is 0 Å². The topological polar surface area (TPSA) is 35.2 Å². The van der Waals surface area contributed by atoms with Crippen LogP contribution in [-0.4, -0.2) is 12.6 Å². The average molecular weight is 284 g/mol. The van der Waals surface area contributed by atoms with E-state index >= 15 is 0 Å². The Bertz CT molecular complexity index is 334. The minimum Gasteiger partial charge on any atom is -0.490 e. The molecule has 3 heteroatoms. The molecule has 1 aliphatic carbocycles. The van der Waals surface area contributed by atoms with E-state index in [0.29, 0.717) is 12.0 Å². The van der Waals surface area contributed by atoms with E-state index in [1.54, 1.807) is 0 Å². The minimum atomic E-state index is 0.372. The molecule has 1 aromatic carbocycles. The van der Waals surface area contributed by atoms with Gasteiger partial charge in [0.2, 0.25) is 0 Å². The van der Waals surface area contributed by atoms with Gasteiger partial charge in [-0.1, -0.05) is 22.0 Å². The molecule has 1 aromatic rings. The van der Waals surface area contributed by atoms with Crippen molar-refractivity contribution in [3.8, 4) is 5.75 Å².